The molecule has 0 bridgehead atoms. The van der Waals surface area contributed by atoms with Crippen LogP contribution in [0.15, 0.2) is 18.2 Å². The fourth-order valence-corrected chi connectivity index (χ4v) is 3.17. The summed E-state index contributed by atoms with van der Waals surface area (Å²) in [5.74, 6) is 0.244. The lowest BCUT2D eigenvalue weighted by Gasteiger charge is -2.30. The third-order valence-electron chi connectivity index (χ3n) is 4.36. The standard InChI is InChI=1S/C16H22N2O2/c17-15-5-1-3-12-11-18(9-8-14(12)15)16(19)7-6-13-4-2-10-20-13/h1,3,5,13H,2,4,6-11,17H2. The van der Waals surface area contributed by atoms with E-state index in [9.17, 15) is 4.79 Å². The van der Waals surface area contributed by atoms with Crippen LogP contribution in [0.3, 0.4) is 0 Å². The molecule has 0 aromatic heterocycles. The van der Waals surface area contributed by atoms with Gasteiger partial charge in [0, 0.05) is 31.8 Å². The smallest absolute Gasteiger partial charge is 0.222 e. The van der Waals surface area contributed by atoms with Crippen molar-refractivity contribution in [2.24, 2.45) is 0 Å². The number of hydrogen-bond acceptors (Lipinski definition) is 3. The van der Waals surface area contributed by atoms with E-state index in [1.807, 2.05) is 17.0 Å². The highest BCUT2D eigenvalue weighted by molar-refractivity contribution is 5.76. The van der Waals surface area contributed by atoms with Gasteiger partial charge in [0.15, 0.2) is 0 Å². The van der Waals surface area contributed by atoms with Gasteiger partial charge in [-0.05, 0) is 42.9 Å². The maximum atomic E-state index is 12.3. The van der Waals surface area contributed by atoms with Gasteiger partial charge in [-0.1, -0.05) is 12.1 Å². The first kappa shape index (κ1) is 13.4. The summed E-state index contributed by atoms with van der Waals surface area (Å²) in [7, 11) is 0. The molecule has 4 nitrogen and oxygen atoms in total. The maximum absolute atomic E-state index is 12.3. The van der Waals surface area contributed by atoms with E-state index in [4.69, 9.17) is 10.5 Å². The van der Waals surface area contributed by atoms with Crippen LogP contribution in [0.4, 0.5) is 5.69 Å². The fourth-order valence-electron chi connectivity index (χ4n) is 3.17. The number of nitrogens with zero attached hydrogens (tertiary/aromatic N) is 1. The lowest BCUT2D eigenvalue weighted by Crippen LogP contribution is -2.36. The molecule has 0 aliphatic carbocycles. The Bertz CT molecular complexity index is 495. The number of amides is 1. The second-order valence-electron chi connectivity index (χ2n) is 5.72. The zero-order chi connectivity index (χ0) is 13.9. The van der Waals surface area contributed by atoms with Gasteiger partial charge < -0.3 is 15.4 Å². The quantitative estimate of drug-likeness (QED) is 0.859. The Labute approximate surface area is 119 Å². The molecule has 1 fully saturated rings. The number of anilines is 1. The lowest BCUT2D eigenvalue weighted by molar-refractivity contribution is -0.132. The van der Waals surface area contributed by atoms with Crippen molar-refractivity contribution in [2.75, 3.05) is 18.9 Å². The minimum absolute atomic E-state index is 0.244. The molecule has 0 saturated carbocycles. The van der Waals surface area contributed by atoms with Crippen LogP contribution in [0.2, 0.25) is 0 Å². The summed E-state index contributed by atoms with van der Waals surface area (Å²) in [5, 5.41) is 0. The van der Waals surface area contributed by atoms with Gasteiger partial charge in [-0.2, -0.15) is 0 Å². The Kier molecular flexibility index (Phi) is 3.92. The molecular formula is C16H22N2O2. The largest absolute Gasteiger partial charge is 0.398 e. The number of ether oxygens (including phenoxy) is 1. The van der Waals surface area contributed by atoms with Gasteiger partial charge in [0.1, 0.15) is 0 Å². The van der Waals surface area contributed by atoms with Crippen LogP contribution in [-0.4, -0.2) is 30.1 Å². The van der Waals surface area contributed by atoms with Crippen molar-refractivity contribution in [1.82, 2.24) is 4.90 Å². The summed E-state index contributed by atoms with van der Waals surface area (Å²) in [6.45, 7) is 2.34. The Morgan fingerprint density at radius 3 is 3.15 bits per heavy atom. The molecule has 1 atom stereocenters. The second-order valence-corrected chi connectivity index (χ2v) is 5.72. The first-order valence-corrected chi connectivity index (χ1v) is 7.49. The van der Waals surface area contributed by atoms with Crippen LogP contribution in [0, 0.1) is 0 Å². The minimum atomic E-state index is 0.244. The van der Waals surface area contributed by atoms with E-state index >= 15 is 0 Å². The van der Waals surface area contributed by atoms with E-state index in [-0.39, 0.29) is 5.91 Å². The van der Waals surface area contributed by atoms with Crippen molar-refractivity contribution in [3.8, 4) is 0 Å². The summed E-state index contributed by atoms with van der Waals surface area (Å²) in [4.78, 5) is 14.2. The molecule has 0 radical (unpaired) electrons. The average molecular weight is 274 g/mol. The number of nitrogen functional groups attached to an aromatic ring is 1. The number of hydrogen-bond donors (Lipinski definition) is 1. The maximum Gasteiger partial charge on any atom is 0.222 e. The second kappa shape index (κ2) is 5.83. The predicted molar refractivity (Wildman–Crippen MR) is 78.2 cm³/mol. The number of nitrogens with two attached hydrogens (primary N) is 1. The van der Waals surface area contributed by atoms with Crippen LogP contribution >= 0.6 is 0 Å². The van der Waals surface area contributed by atoms with E-state index in [1.54, 1.807) is 0 Å². The molecule has 2 aliphatic heterocycles. The van der Waals surface area contributed by atoms with Crippen molar-refractivity contribution in [3.63, 3.8) is 0 Å². The minimum Gasteiger partial charge on any atom is -0.398 e. The highest BCUT2D eigenvalue weighted by atomic mass is 16.5. The number of rotatable bonds is 3. The van der Waals surface area contributed by atoms with E-state index < -0.39 is 0 Å². The normalized spacial score (nSPS) is 21.8. The molecular weight excluding hydrogens is 252 g/mol. The predicted octanol–water partition coefficient (Wildman–Crippen LogP) is 2.11. The van der Waals surface area contributed by atoms with Gasteiger partial charge in [-0.25, -0.2) is 0 Å². The Balaban J connectivity index is 1.57. The molecule has 0 spiro atoms. The van der Waals surface area contributed by atoms with Gasteiger partial charge in [0.2, 0.25) is 5.91 Å². The zero-order valence-electron chi connectivity index (χ0n) is 11.8. The summed E-state index contributed by atoms with van der Waals surface area (Å²) in [6, 6.07) is 5.98. The van der Waals surface area contributed by atoms with Crippen LogP contribution < -0.4 is 5.73 Å². The first-order valence-electron chi connectivity index (χ1n) is 7.49. The van der Waals surface area contributed by atoms with E-state index in [0.29, 0.717) is 19.1 Å². The molecule has 1 amide bonds. The van der Waals surface area contributed by atoms with Crippen molar-refractivity contribution in [3.05, 3.63) is 29.3 Å². The Hall–Kier alpha value is -1.55. The molecule has 4 heteroatoms. The highest BCUT2D eigenvalue weighted by Gasteiger charge is 2.23. The van der Waals surface area contributed by atoms with Gasteiger partial charge in [-0.3, -0.25) is 4.79 Å². The third-order valence-corrected chi connectivity index (χ3v) is 4.36. The van der Waals surface area contributed by atoms with Crippen molar-refractivity contribution in [1.29, 1.82) is 0 Å². The molecule has 20 heavy (non-hydrogen) atoms. The Morgan fingerprint density at radius 1 is 1.45 bits per heavy atom. The van der Waals surface area contributed by atoms with Gasteiger partial charge in [0.05, 0.1) is 6.10 Å². The number of benzene rings is 1. The summed E-state index contributed by atoms with van der Waals surface area (Å²) in [5.41, 5.74) is 9.25. The molecule has 1 unspecified atom stereocenters. The molecule has 3 rings (SSSR count). The summed E-state index contributed by atoms with van der Waals surface area (Å²) < 4.78 is 5.58. The van der Waals surface area contributed by atoms with Crippen LogP contribution in [-0.2, 0) is 22.5 Å². The highest BCUT2D eigenvalue weighted by Crippen LogP contribution is 2.25. The van der Waals surface area contributed by atoms with E-state index in [1.165, 1.54) is 11.1 Å². The molecule has 1 aromatic rings. The molecule has 2 heterocycles. The summed E-state index contributed by atoms with van der Waals surface area (Å²) in [6.07, 6.45) is 4.86. The van der Waals surface area contributed by atoms with Gasteiger partial charge >= 0.3 is 0 Å². The van der Waals surface area contributed by atoms with Crippen LogP contribution in [0.25, 0.3) is 0 Å². The average Bonchev–Trinajstić information content (AvgIpc) is 2.98. The van der Waals surface area contributed by atoms with E-state index in [2.05, 4.69) is 6.07 Å². The van der Waals surface area contributed by atoms with Crippen molar-refractivity contribution in [2.45, 2.75) is 44.8 Å². The van der Waals surface area contributed by atoms with Crippen molar-refractivity contribution < 1.29 is 9.53 Å². The van der Waals surface area contributed by atoms with E-state index in [0.717, 1.165) is 44.5 Å². The first-order chi connectivity index (χ1) is 9.74. The molecule has 2 N–H and O–H groups in total. The number of carbonyl (C=O) groups excluding carboxylic acids is 1. The molecule has 108 valence electrons. The topological polar surface area (TPSA) is 55.6 Å². The molecule has 1 saturated heterocycles. The Morgan fingerprint density at radius 2 is 2.35 bits per heavy atom. The van der Waals surface area contributed by atoms with Crippen LogP contribution in [0.5, 0.6) is 0 Å². The summed E-state index contributed by atoms with van der Waals surface area (Å²) >= 11 is 0. The molecule has 1 aromatic carbocycles. The fraction of sp³-hybridized carbons (Fsp3) is 0.562. The monoisotopic (exact) mass is 274 g/mol. The zero-order valence-corrected chi connectivity index (χ0v) is 11.8. The SMILES string of the molecule is Nc1cccc2c1CCN(C(=O)CCC1CCCO1)C2. The third kappa shape index (κ3) is 2.80. The van der Waals surface area contributed by atoms with Crippen molar-refractivity contribution >= 4 is 11.6 Å². The van der Waals surface area contributed by atoms with Gasteiger partial charge in [-0.15, -0.1) is 0 Å². The number of fused-ring (bicyclic) bond motifs is 1. The van der Waals surface area contributed by atoms with Crippen LogP contribution in [0.1, 0.15) is 36.8 Å². The number of carbonyl (C=O) groups is 1. The van der Waals surface area contributed by atoms with Gasteiger partial charge in [0.25, 0.3) is 0 Å². The molecule has 2 aliphatic rings. The lowest BCUT2D eigenvalue weighted by atomic mass is 9.97.